The molecule has 0 saturated carbocycles. The van der Waals surface area contributed by atoms with Gasteiger partial charge in [0, 0.05) is 23.7 Å². The summed E-state index contributed by atoms with van der Waals surface area (Å²) in [7, 11) is 1.55. The number of hydrogen-bond acceptors (Lipinski definition) is 2. The first-order valence-corrected chi connectivity index (χ1v) is 5.89. The maximum absolute atomic E-state index is 13.8. The molecule has 0 aliphatic heterocycles. The third-order valence-corrected chi connectivity index (χ3v) is 3.06. The number of nitrogens with two attached hydrogens (primary N) is 1. The normalized spacial score (nSPS) is 10.6. The molecule has 2 rings (SSSR count). The van der Waals surface area contributed by atoms with E-state index in [0.29, 0.717) is 29.0 Å². The largest absolute Gasteiger partial charge is 0.496 e. The van der Waals surface area contributed by atoms with Crippen LogP contribution in [0.3, 0.4) is 0 Å². The van der Waals surface area contributed by atoms with Crippen molar-refractivity contribution in [1.29, 1.82) is 0 Å². The molecule has 0 aliphatic carbocycles. The molecule has 0 aromatic heterocycles. The Kier molecular flexibility index (Phi) is 3.81. The van der Waals surface area contributed by atoms with Gasteiger partial charge in [-0.05, 0) is 36.2 Å². The van der Waals surface area contributed by atoms with Crippen LogP contribution in [0.1, 0.15) is 11.1 Å². The molecule has 2 aromatic carbocycles. The Morgan fingerprint density at radius 1 is 1.11 bits per heavy atom. The highest BCUT2D eigenvalue weighted by atomic mass is 19.1. The highest BCUT2D eigenvalue weighted by molar-refractivity contribution is 5.67. The Hall–Kier alpha value is -1.94. The van der Waals surface area contributed by atoms with Crippen molar-refractivity contribution in [2.75, 3.05) is 7.11 Å². The zero-order chi connectivity index (χ0) is 14.0. The average Bonchev–Trinajstić information content (AvgIpc) is 2.42. The standard InChI is InChI=1S/C15H15F2NO/c1-9-5-12(14(17)7-13(9)16)10-3-4-15(19-2)11(6-10)8-18/h3-7H,8,18H2,1-2H3. The van der Waals surface area contributed by atoms with Gasteiger partial charge >= 0.3 is 0 Å². The van der Waals surface area contributed by atoms with Gasteiger partial charge in [-0.25, -0.2) is 8.78 Å². The summed E-state index contributed by atoms with van der Waals surface area (Å²) in [6.45, 7) is 1.89. The molecule has 0 unspecified atom stereocenters. The Bertz CT molecular complexity index is 611. The maximum Gasteiger partial charge on any atom is 0.133 e. The fourth-order valence-corrected chi connectivity index (χ4v) is 1.98. The van der Waals surface area contributed by atoms with Crippen LogP contribution in [0.25, 0.3) is 11.1 Å². The zero-order valence-electron chi connectivity index (χ0n) is 10.8. The molecule has 100 valence electrons. The number of methoxy groups -OCH3 is 1. The summed E-state index contributed by atoms with van der Waals surface area (Å²) in [4.78, 5) is 0. The molecule has 2 nitrogen and oxygen atoms in total. The topological polar surface area (TPSA) is 35.2 Å². The lowest BCUT2D eigenvalue weighted by Gasteiger charge is -2.11. The van der Waals surface area contributed by atoms with Crippen molar-refractivity contribution in [2.24, 2.45) is 5.73 Å². The van der Waals surface area contributed by atoms with E-state index < -0.39 is 11.6 Å². The molecule has 0 aliphatic rings. The fraction of sp³-hybridized carbons (Fsp3) is 0.200. The van der Waals surface area contributed by atoms with Gasteiger partial charge < -0.3 is 10.5 Å². The van der Waals surface area contributed by atoms with Crippen LogP contribution >= 0.6 is 0 Å². The summed E-state index contributed by atoms with van der Waals surface area (Å²) >= 11 is 0. The van der Waals surface area contributed by atoms with Crippen LogP contribution < -0.4 is 10.5 Å². The highest BCUT2D eigenvalue weighted by Crippen LogP contribution is 2.29. The second-order valence-corrected chi connectivity index (χ2v) is 4.31. The molecular weight excluding hydrogens is 248 g/mol. The van der Waals surface area contributed by atoms with E-state index in [0.717, 1.165) is 11.6 Å². The minimum Gasteiger partial charge on any atom is -0.496 e. The van der Waals surface area contributed by atoms with E-state index in [-0.39, 0.29) is 0 Å². The Labute approximate surface area is 110 Å². The van der Waals surface area contributed by atoms with Gasteiger partial charge in [0.1, 0.15) is 17.4 Å². The first-order valence-electron chi connectivity index (χ1n) is 5.89. The number of hydrogen-bond donors (Lipinski definition) is 1. The SMILES string of the molecule is COc1ccc(-c2cc(C)c(F)cc2F)cc1CN. The van der Waals surface area contributed by atoms with Crippen LogP contribution in [0.4, 0.5) is 8.78 Å². The lowest BCUT2D eigenvalue weighted by atomic mass is 10.00. The molecule has 0 bridgehead atoms. The Morgan fingerprint density at radius 3 is 2.47 bits per heavy atom. The van der Waals surface area contributed by atoms with Gasteiger partial charge in [0.05, 0.1) is 7.11 Å². The van der Waals surface area contributed by atoms with Gasteiger partial charge in [0.25, 0.3) is 0 Å². The summed E-state index contributed by atoms with van der Waals surface area (Å²) in [5, 5.41) is 0. The Balaban J connectivity index is 2.56. The van der Waals surface area contributed by atoms with E-state index in [9.17, 15) is 8.78 Å². The van der Waals surface area contributed by atoms with E-state index in [2.05, 4.69) is 0 Å². The van der Waals surface area contributed by atoms with E-state index in [4.69, 9.17) is 10.5 Å². The Morgan fingerprint density at radius 2 is 1.84 bits per heavy atom. The third-order valence-electron chi connectivity index (χ3n) is 3.06. The van der Waals surface area contributed by atoms with Crippen molar-refractivity contribution < 1.29 is 13.5 Å². The van der Waals surface area contributed by atoms with E-state index in [1.54, 1.807) is 32.2 Å². The maximum atomic E-state index is 13.8. The second-order valence-electron chi connectivity index (χ2n) is 4.31. The molecule has 19 heavy (non-hydrogen) atoms. The minimum absolute atomic E-state index is 0.290. The molecule has 0 heterocycles. The summed E-state index contributed by atoms with van der Waals surface area (Å²) < 4.78 is 32.3. The summed E-state index contributed by atoms with van der Waals surface area (Å²) in [6, 6.07) is 7.61. The minimum atomic E-state index is -0.587. The zero-order valence-corrected chi connectivity index (χ0v) is 10.8. The van der Waals surface area contributed by atoms with Crippen LogP contribution in [0, 0.1) is 18.6 Å². The number of ether oxygens (including phenoxy) is 1. The predicted molar refractivity (Wildman–Crippen MR) is 71.0 cm³/mol. The average molecular weight is 263 g/mol. The highest BCUT2D eigenvalue weighted by Gasteiger charge is 2.11. The van der Waals surface area contributed by atoms with Gasteiger partial charge in [0.2, 0.25) is 0 Å². The summed E-state index contributed by atoms with van der Waals surface area (Å²) in [6.07, 6.45) is 0. The monoisotopic (exact) mass is 263 g/mol. The molecule has 0 radical (unpaired) electrons. The molecule has 2 aromatic rings. The number of rotatable bonds is 3. The summed E-state index contributed by atoms with van der Waals surface area (Å²) in [5.41, 5.74) is 7.83. The first-order chi connectivity index (χ1) is 9.06. The van der Waals surface area contributed by atoms with E-state index >= 15 is 0 Å². The lowest BCUT2D eigenvalue weighted by molar-refractivity contribution is 0.410. The van der Waals surface area contributed by atoms with Crippen molar-refractivity contribution in [3.8, 4) is 16.9 Å². The second kappa shape index (κ2) is 5.36. The number of benzene rings is 2. The molecule has 0 amide bonds. The van der Waals surface area contributed by atoms with Crippen molar-refractivity contribution in [2.45, 2.75) is 13.5 Å². The fourth-order valence-electron chi connectivity index (χ4n) is 1.98. The van der Waals surface area contributed by atoms with Crippen LogP contribution in [-0.4, -0.2) is 7.11 Å². The quantitative estimate of drug-likeness (QED) is 0.921. The van der Waals surface area contributed by atoms with Crippen LogP contribution in [0.5, 0.6) is 5.75 Å². The molecule has 4 heteroatoms. The molecule has 0 fully saturated rings. The van der Waals surface area contributed by atoms with Gasteiger partial charge in [-0.2, -0.15) is 0 Å². The molecule has 0 atom stereocenters. The van der Waals surface area contributed by atoms with Crippen molar-refractivity contribution in [3.63, 3.8) is 0 Å². The van der Waals surface area contributed by atoms with Gasteiger partial charge in [0.15, 0.2) is 0 Å². The van der Waals surface area contributed by atoms with Crippen molar-refractivity contribution >= 4 is 0 Å². The van der Waals surface area contributed by atoms with Crippen LogP contribution in [-0.2, 0) is 6.54 Å². The molecule has 2 N–H and O–H groups in total. The number of aryl methyl sites for hydroxylation is 1. The first kappa shape index (κ1) is 13.5. The smallest absolute Gasteiger partial charge is 0.133 e. The summed E-state index contributed by atoms with van der Waals surface area (Å²) in [5.74, 6) is -0.476. The van der Waals surface area contributed by atoms with Gasteiger partial charge in [-0.3, -0.25) is 0 Å². The van der Waals surface area contributed by atoms with E-state index in [1.165, 1.54) is 6.07 Å². The van der Waals surface area contributed by atoms with Crippen molar-refractivity contribution in [1.82, 2.24) is 0 Å². The van der Waals surface area contributed by atoms with Crippen molar-refractivity contribution in [3.05, 3.63) is 53.1 Å². The van der Waals surface area contributed by atoms with Crippen LogP contribution in [0.15, 0.2) is 30.3 Å². The van der Waals surface area contributed by atoms with Gasteiger partial charge in [-0.1, -0.05) is 6.07 Å². The van der Waals surface area contributed by atoms with Crippen LogP contribution in [0.2, 0.25) is 0 Å². The van der Waals surface area contributed by atoms with E-state index in [1.807, 2.05) is 0 Å². The lowest BCUT2D eigenvalue weighted by Crippen LogP contribution is -2.00. The number of halogens is 2. The third kappa shape index (κ3) is 2.58. The molecule has 0 spiro atoms. The van der Waals surface area contributed by atoms with Gasteiger partial charge in [-0.15, -0.1) is 0 Å². The molecule has 0 saturated heterocycles. The predicted octanol–water partition coefficient (Wildman–Crippen LogP) is 3.41. The molecular formula is C15H15F2NO.